The van der Waals surface area contributed by atoms with E-state index in [1.54, 1.807) is 12.1 Å². The van der Waals surface area contributed by atoms with Crippen LogP contribution in [0, 0.1) is 17.1 Å². The zero-order valence-electron chi connectivity index (χ0n) is 10.6. The Morgan fingerprint density at radius 2 is 1.81 bits per heavy atom. The van der Waals surface area contributed by atoms with E-state index < -0.39 is 11.6 Å². The number of carbonyl (C=O) groups excluding carboxylic acids is 1. The van der Waals surface area contributed by atoms with Crippen LogP contribution in [0.4, 0.5) is 4.39 Å². The Morgan fingerprint density at radius 1 is 1.14 bits per heavy atom. The number of halogens is 3. The monoisotopic (exact) mass is 319 g/mol. The molecular formula is C16H8Cl2FNO. The molecule has 0 N–H and O–H groups in total. The lowest BCUT2D eigenvalue weighted by Gasteiger charge is -2.02. The van der Waals surface area contributed by atoms with Gasteiger partial charge in [0.2, 0.25) is 5.78 Å². The van der Waals surface area contributed by atoms with Crippen LogP contribution in [0.25, 0.3) is 6.08 Å². The maximum atomic E-state index is 12.8. The molecule has 0 aromatic heterocycles. The highest BCUT2D eigenvalue weighted by Crippen LogP contribution is 2.24. The molecule has 0 saturated carbocycles. The first kappa shape index (κ1) is 15.2. The number of nitrogens with zero attached hydrogens (tertiary/aromatic N) is 1. The molecule has 0 radical (unpaired) electrons. The zero-order valence-corrected chi connectivity index (χ0v) is 12.1. The fourth-order valence-corrected chi connectivity index (χ4v) is 2.14. The van der Waals surface area contributed by atoms with Crippen molar-refractivity contribution < 1.29 is 9.18 Å². The summed E-state index contributed by atoms with van der Waals surface area (Å²) in [4.78, 5) is 12.2. The van der Waals surface area contributed by atoms with E-state index in [2.05, 4.69) is 0 Å². The van der Waals surface area contributed by atoms with Gasteiger partial charge in [-0.15, -0.1) is 0 Å². The summed E-state index contributed by atoms with van der Waals surface area (Å²) in [5.74, 6) is -0.946. The van der Waals surface area contributed by atoms with Crippen molar-refractivity contribution in [2.24, 2.45) is 0 Å². The Hall–Kier alpha value is -2.15. The van der Waals surface area contributed by atoms with E-state index in [1.165, 1.54) is 24.3 Å². The van der Waals surface area contributed by atoms with Gasteiger partial charge in [0.1, 0.15) is 17.5 Å². The molecule has 0 atom stereocenters. The molecule has 0 saturated heterocycles. The molecule has 0 heterocycles. The first-order valence-electron chi connectivity index (χ1n) is 5.88. The molecule has 2 rings (SSSR count). The molecule has 2 nitrogen and oxygen atoms in total. The fourth-order valence-electron chi connectivity index (χ4n) is 1.68. The average molecular weight is 320 g/mol. The third-order valence-corrected chi connectivity index (χ3v) is 3.30. The van der Waals surface area contributed by atoms with Gasteiger partial charge < -0.3 is 0 Å². The Balaban J connectivity index is 2.39. The summed E-state index contributed by atoms with van der Waals surface area (Å²) in [7, 11) is 0. The van der Waals surface area contributed by atoms with Crippen molar-refractivity contribution in [2.45, 2.75) is 0 Å². The molecule has 0 fully saturated rings. The van der Waals surface area contributed by atoms with Crippen molar-refractivity contribution in [3.63, 3.8) is 0 Å². The van der Waals surface area contributed by atoms with Gasteiger partial charge in [-0.1, -0.05) is 29.3 Å². The first-order chi connectivity index (χ1) is 10.0. The summed E-state index contributed by atoms with van der Waals surface area (Å²) in [5, 5.41) is 9.93. The van der Waals surface area contributed by atoms with E-state index in [9.17, 15) is 9.18 Å². The van der Waals surface area contributed by atoms with E-state index >= 15 is 0 Å². The lowest BCUT2D eigenvalue weighted by Crippen LogP contribution is -2.02. The number of hydrogen-bond donors (Lipinski definition) is 0. The minimum Gasteiger partial charge on any atom is -0.288 e. The third-order valence-electron chi connectivity index (χ3n) is 2.73. The van der Waals surface area contributed by atoms with E-state index in [0.29, 0.717) is 15.6 Å². The third kappa shape index (κ3) is 3.69. The van der Waals surface area contributed by atoms with Gasteiger partial charge in [0.15, 0.2) is 0 Å². The Bertz CT molecular complexity index is 761. The minimum atomic E-state index is -0.497. The molecular weight excluding hydrogens is 312 g/mol. The normalized spacial score (nSPS) is 11.0. The lowest BCUT2D eigenvalue weighted by atomic mass is 10.0. The molecule has 2 aromatic rings. The van der Waals surface area contributed by atoms with Crippen LogP contribution in [0.5, 0.6) is 0 Å². The predicted molar refractivity (Wildman–Crippen MR) is 80.8 cm³/mol. The summed E-state index contributed by atoms with van der Waals surface area (Å²) < 4.78 is 12.8. The van der Waals surface area contributed by atoms with Crippen LogP contribution < -0.4 is 0 Å². The first-order valence-corrected chi connectivity index (χ1v) is 6.64. The molecule has 0 spiro atoms. The van der Waals surface area contributed by atoms with Crippen LogP contribution in [0.2, 0.25) is 10.0 Å². The van der Waals surface area contributed by atoms with Crippen LogP contribution in [0.15, 0.2) is 48.0 Å². The summed E-state index contributed by atoms with van der Waals surface area (Å²) >= 11 is 11.8. The van der Waals surface area contributed by atoms with Crippen LogP contribution in [0.1, 0.15) is 15.9 Å². The molecule has 0 aliphatic heterocycles. The maximum absolute atomic E-state index is 12.8. The highest BCUT2D eigenvalue weighted by Gasteiger charge is 2.13. The van der Waals surface area contributed by atoms with Gasteiger partial charge in [-0.3, -0.25) is 4.79 Å². The van der Waals surface area contributed by atoms with Crippen molar-refractivity contribution in [3.05, 3.63) is 75.0 Å². The van der Waals surface area contributed by atoms with Gasteiger partial charge in [0.05, 0.1) is 0 Å². The number of nitriles is 1. The van der Waals surface area contributed by atoms with E-state index in [4.69, 9.17) is 28.5 Å². The second-order valence-electron chi connectivity index (χ2n) is 4.17. The van der Waals surface area contributed by atoms with Gasteiger partial charge in [-0.05, 0) is 48.0 Å². The number of ketones is 1. The summed E-state index contributed by atoms with van der Waals surface area (Å²) in [6.45, 7) is 0. The number of hydrogen-bond acceptors (Lipinski definition) is 2. The number of carbonyl (C=O) groups is 1. The summed E-state index contributed by atoms with van der Waals surface area (Å²) in [5.41, 5.74) is 0.646. The molecule has 104 valence electrons. The summed E-state index contributed by atoms with van der Waals surface area (Å²) in [6, 6.07) is 11.6. The van der Waals surface area contributed by atoms with Gasteiger partial charge >= 0.3 is 0 Å². The molecule has 0 bridgehead atoms. The SMILES string of the molecule is N#C/C(=C\c1ccc(Cl)cc1Cl)C(=O)c1ccc(F)cc1. The van der Waals surface area contributed by atoms with Gasteiger partial charge in [-0.25, -0.2) is 4.39 Å². The molecule has 5 heteroatoms. The van der Waals surface area contributed by atoms with Crippen molar-refractivity contribution in [1.29, 1.82) is 5.26 Å². The lowest BCUT2D eigenvalue weighted by molar-refractivity contribution is 0.104. The second-order valence-corrected chi connectivity index (χ2v) is 5.02. The molecule has 21 heavy (non-hydrogen) atoms. The molecule has 0 amide bonds. The van der Waals surface area contributed by atoms with Crippen molar-refractivity contribution in [3.8, 4) is 6.07 Å². The standard InChI is InChI=1S/C16H8Cl2FNO/c17-13-4-1-11(15(18)8-13)7-12(9-20)16(21)10-2-5-14(19)6-3-10/h1-8H/b12-7+. The quantitative estimate of drug-likeness (QED) is 0.457. The fraction of sp³-hybridized carbons (Fsp3) is 0. The van der Waals surface area contributed by atoms with Crippen LogP contribution in [-0.2, 0) is 0 Å². The van der Waals surface area contributed by atoms with Crippen LogP contribution in [-0.4, -0.2) is 5.78 Å². The van der Waals surface area contributed by atoms with E-state index in [0.717, 1.165) is 12.1 Å². The topological polar surface area (TPSA) is 40.9 Å². The zero-order chi connectivity index (χ0) is 15.4. The van der Waals surface area contributed by atoms with Crippen molar-refractivity contribution >= 4 is 35.1 Å². The number of rotatable bonds is 3. The smallest absolute Gasteiger partial charge is 0.203 e. The number of Topliss-reactive ketones (excluding diaryl/α,β-unsaturated/α-hetero) is 1. The average Bonchev–Trinajstić information content (AvgIpc) is 2.47. The Morgan fingerprint density at radius 3 is 2.38 bits per heavy atom. The maximum Gasteiger partial charge on any atom is 0.203 e. The predicted octanol–water partition coefficient (Wildman–Crippen LogP) is 4.92. The van der Waals surface area contributed by atoms with Crippen molar-refractivity contribution in [2.75, 3.05) is 0 Å². The van der Waals surface area contributed by atoms with E-state index in [-0.39, 0.29) is 11.1 Å². The number of allylic oxidation sites excluding steroid dienone is 1. The molecule has 0 unspecified atom stereocenters. The molecule has 0 aliphatic rings. The Kier molecular flexibility index (Phi) is 4.74. The highest BCUT2D eigenvalue weighted by atomic mass is 35.5. The van der Waals surface area contributed by atoms with Crippen LogP contribution in [0.3, 0.4) is 0 Å². The minimum absolute atomic E-state index is 0.0918. The summed E-state index contributed by atoms with van der Waals surface area (Å²) in [6.07, 6.45) is 1.38. The van der Waals surface area contributed by atoms with Gasteiger partial charge in [0, 0.05) is 15.6 Å². The van der Waals surface area contributed by atoms with Crippen molar-refractivity contribution in [1.82, 2.24) is 0 Å². The molecule has 0 aliphatic carbocycles. The Labute approximate surface area is 131 Å². The van der Waals surface area contributed by atoms with E-state index in [1.807, 2.05) is 6.07 Å². The number of benzene rings is 2. The largest absolute Gasteiger partial charge is 0.288 e. The van der Waals surface area contributed by atoms with Crippen LogP contribution >= 0.6 is 23.2 Å². The van der Waals surface area contributed by atoms with Gasteiger partial charge in [0.25, 0.3) is 0 Å². The molecule has 2 aromatic carbocycles. The van der Waals surface area contributed by atoms with Gasteiger partial charge in [-0.2, -0.15) is 5.26 Å². The highest BCUT2D eigenvalue weighted by molar-refractivity contribution is 6.35. The second kappa shape index (κ2) is 6.53.